The lowest BCUT2D eigenvalue weighted by atomic mass is 10.1. The van der Waals surface area contributed by atoms with E-state index in [-0.39, 0.29) is 0 Å². The first-order chi connectivity index (χ1) is 5.74. The third kappa shape index (κ3) is 3.24. The number of nitrogens with two attached hydrogens (primary N) is 1. The maximum Gasteiger partial charge on any atom is 0.0435 e. The number of hydrogen-bond acceptors (Lipinski definition) is 1. The molecule has 2 N–H and O–H groups in total. The summed E-state index contributed by atoms with van der Waals surface area (Å²) in [5.74, 6) is 0. The molecule has 1 rings (SSSR count). The molecule has 0 spiro atoms. The van der Waals surface area contributed by atoms with E-state index in [1.807, 2.05) is 39.0 Å². The topological polar surface area (TPSA) is 26.0 Å². The largest absolute Gasteiger partial charge is 0.326 e. The molecule has 0 radical (unpaired) electrons. The Morgan fingerprint density at radius 2 is 1.92 bits per heavy atom. The summed E-state index contributed by atoms with van der Waals surface area (Å²) in [7, 11) is 0. The first-order valence-corrected chi connectivity index (χ1v) is 4.57. The van der Waals surface area contributed by atoms with E-state index in [9.17, 15) is 0 Å². The monoisotopic (exact) mass is 185 g/mol. The number of halogens is 1. The highest BCUT2D eigenvalue weighted by Gasteiger charge is 1.94. The highest BCUT2D eigenvalue weighted by Crippen LogP contribution is 2.15. The Balaban J connectivity index is 0.000000561. The standard InChI is InChI=1S/C8H10ClN.C2H6/c1-6-4-7(5-10)2-3-8(6)9;1-2/h2-4H,5,10H2,1H3;1-2H3. The fraction of sp³-hybridized carbons (Fsp3) is 0.400. The van der Waals surface area contributed by atoms with Crippen LogP contribution in [0, 0.1) is 6.92 Å². The van der Waals surface area contributed by atoms with Gasteiger partial charge in [-0.05, 0) is 24.1 Å². The lowest BCUT2D eigenvalue weighted by molar-refractivity contribution is 1.07. The quantitative estimate of drug-likeness (QED) is 0.715. The summed E-state index contributed by atoms with van der Waals surface area (Å²) >= 11 is 5.80. The van der Waals surface area contributed by atoms with Crippen molar-refractivity contribution in [3.8, 4) is 0 Å². The van der Waals surface area contributed by atoms with Gasteiger partial charge in [0, 0.05) is 11.6 Å². The summed E-state index contributed by atoms with van der Waals surface area (Å²) in [4.78, 5) is 0. The zero-order valence-corrected chi connectivity index (χ0v) is 8.65. The molecule has 0 aromatic heterocycles. The number of rotatable bonds is 1. The predicted molar refractivity (Wildman–Crippen MR) is 55.4 cm³/mol. The van der Waals surface area contributed by atoms with Crippen molar-refractivity contribution in [3.63, 3.8) is 0 Å². The van der Waals surface area contributed by atoms with Crippen LogP contribution in [0.3, 0.4) is 0 Å². The van der Waals surface area contributed by atoms with Crippen LogP contribution in [0.15, 0.2) is 18.2 Å². The van der Waals surface area contributed by atoms with Crippen LogP contribution in [-0.2, 0) is 6.54 Å². The van der Waals surface area contributed by atoms with Gasteiger partial charge in [0.15, 0.2) is 0 Å². The van der Waals surface area contributed by atoms with Crippen LogP contribution in [0.25, 0.3) is 0 Å². The molecule has 0 saturated carbocycles. The molecule has 0 aliphatic heterocycles. The van der Waals surface area contributed by atoms with E-state index >= 15 is 0 Å². The first kappa shape index (κ1) is 11.5. The van der Waals surface area contributed by atoms with Crippen molar-refractivity contribution < 1.29 is 0 Å². The van der Waals surface area contributed by atoms with Gasteiger partial charge in [-0.15, -0.1) is 0 Å². The van der Waals surface area contributed by atoms with Crippen LogP contribution in [0.5, 0.6) is 0 Å². The summed E-state index contributed by atoms with van der Waals surface area (Å²) < 4.78 is 0. The Labute approximate surface area is 79.5 Å². The van der Waals surface area contributed by atoms with Gasteiger partial charge in [0.1, 0.15) is 0 Å². The highest BCUT2D eigenvalue weighted by molar-refractivity contribution is 6.31. The second-order valence-electron chi connectivity index (χ2n) is 2.29. The molecule has 0 amide bonds. The van der Waals surface area contributed by atoms with Crippen molar-refractivity contribution in [3.05, 3.63) is 34.3 Å². The Morgan fingerprint density at radius 3 is 2.33 bits per heavy atom. The average Bonchev–Trinajstić information content (AvgIpc) is 2.13. The van der Waals surface area contributed by atoms with E-state index in [2.05, 4.69) is 0 Å². The second-order valence-corrected chi connectivity index (χ2v) is 2.69. The molecule has 0 aliphatic rings. The van der Waals surface area contributed by atoms with E-state index < -0.39 is 0 Å². The Bertz CT molecular complexity index is 233. The smallest absolute Gasteiger partial charge is 0.0435 e. The van der Waals surface area contributed by atoms with Gasteiger partial charge in [0.2, 0.25) is 0 Å². The van der Waals surface area contributed by atoms with Gasteiger partial charge in [-0.25, -0.2) is 0 Å². The molecule has 1 nitrogen and oxygen atoms in total. The van der Waals surface area contributed by atoms with Crippen molar-refractivity contribution in [2.24, 2.45) is 5.73 Å². The Hall–Kier alpha value is -0.530. The predicted octanol–water partition coefficient (Wildman–Crippen LogP) is 3.13. The number of hydrogen-bond donors (Lipinski definition) is 1. The van der Waals surface area contributed by atoms with Crippen LogP contribution in [0.4, 0.5) is 0 Å². The van der Waals surface area contributed by atoms with E-state index in [1.165, 1.54) is 0 Å². The average molecular weight is 186 g/mol. The molecule has 0 bridgehead atoms. The summed E-state index contributed by atoms with van der Waals surface area (Å²) in [6.07, 6.45) is 0. The van der Waals surface area contributed by atoms with Crippen molar-refractivity contribution in [1.29, 1.82) is 0 Å². The molecule has 0 fully saturated rings. The van der Waals surface area contributed by atoms with Gasteiger partial charge in [0.05, 0.1) is 0 Å². The molecular formula is C10H16ClN. The van der Waals surface area contributed by atoms with Gasteiger partial charge in [-0.3, -0.25) is 0 Å². The van der Waals surface area contributed by atoms with Crippen LogP contribution >= 0.6 is 11.6 Å². The molecule has 0 heterocycles. The van der Waals surface area contributed by atoms with Gasteiger partial charge in [0.25, 0.3) is 0 Å². The molecule has 0 aliphatic carbocycles. The van der Waals surface area contributed by atoms with Gasteiger partial charge >= 0.3 is 0 Å². The fourth-order valence-corrected chi connectivity index (χ4v) is 0.951. The van der Waals surface area contributed by atoms with Crippen LogP contribution in [0.1, 0.15) is 25.0 Å². The zero-order chi connectivity index (χ0) is 9.56. The summed E-state index contributed by atoms with van der Waals surface area (Å²) in [5, 5.41) is 0.803. The first-order valence-electron chi connectivity index (χ1n) is 4.19. The molecule has 1 aromatic rings. The fourth-order valence-electron chi connectivity index (χ4n) is 0.834. The molecular weight excluding hydrogens is 170 g/mol. The Kier molecular flexibility index (Phi) is 5.77. The molecule has 0 unspecified atom stereocenters. The van der Waals surface area contributed by atoms with Crippen LogP contribution < -0.4 is 5.73 Å². The third-order valence-electron chi connectivity index (χ3n) is 1.46. The molecule has 68 valence electrons. The second kappa shape index (κ2) is 6.04. The van der Waals surface area contributed by atoms with Gasteiger partial charge in [-0.1, -0.05) is 37.6 Å². The molecule has 0 atom stereocenters. The van der Waals surface area contributed by atoms with Crippen LogP contribution in [-0.4, -0.2) is 0 Å². The van der Waals surface area contributed by atoms with Gasteiger partial charge in [-0.2, -0.15) is 0 Å². The summed E-state index contributed by atoms with van der Waals surface area (Å²) in [6.45, 7) is 6.56. The van der Waals surface area contributed by atoms with Crippen molar-refractivity contribution in [1.82, 2.24) is 0 Å². The summed E-state index contributed by atoms with van der Waals surface area (Å²) in [5.41, 5.74) is 7.64. The minimum Gasteiger partial charge on any atom is -0.326 e. The van der Waals surface area contributed by atoms with E-state index in [0.29, 0.717) is 6.54 Å². The maximum atomic E-state index is 5.80. The molecule has 1 aromatic carbocycles. The van der Waals surface area contributed by atoms with Crippen molar-refractivity contribution in [2.45, 2.75) is 27.3 Å². The lowest BCUT2D eigenvalue weighted by Crippen LogP contribution is -1.95. The summed E-state index contributed by atoms with van der Waals surface area (Å²) in [6, 6.07) is 5.82. The maximum absolute atomic E-state index is 5.80. The van der Waals surface area contributed by atoms with Crippen molar-refractivity contribution >= 4 is 11.6 Å². The van der Waals surface area contributed by atoms with E-state index in [0.717, 1.165) is 16.1 Å². The number of aryl methyl sites for hydroxylation is 1. The number of benzene rings is 1. The van der Waals surface area contributed by atoms with E-state index in [1.54, 1.807) is 0 Å². The van der Waals surface area contributed by atoms with Gasteiger partial charge < -0.3 is 5.73 Å². The molecule has 0 saturated heterocycles. The highest BCUT2D eigenvalue weighted by atomic mass is 35.5. The third-order valence-corrected chi connectivity index (χ3v) is 1.88. The minimum absolute atomic E-state index is 0.581. The SMILES string of the molecule is CC.Cc1cc(CN)ccc1Cl. The minimum atomic E-state index is 0.581. The molecule has 12 heavy (non-hydrogen) atoms. The zero-order valence-electron chi connectivity index (χ0n) is 7.89. The normalized spacial score (nSPS) is 8.75. The van der Waals surface area contributed by atoms with Crippen molar-refractivity contribution in [2.75, 3.05) is 0 Å². The van der Waals surface area contributed by atoms with E-state index in [4.69, 9.17) is 17.3 Å². The lowest BCUT2D eigenvalue weighted by Gasteiger charge is -1.99. The Morgan fingerprint density at radius 1 is 1.33 bits per heavy atom. The van der Waals surface area contributed by atoms with Crippen LogP contribution in [0.2, 0.25) is 5.02 Å². The molecule has 2 heteroatoms.